The fourth-order valence-electron chi connectivity index (χ4n) is 2.20. The molecule has 0 aliphatic heterocycles. The first kappa shape index (κ1) is 13.7. The SMILES string of the molecule is C=CC(=O)Nc1ccc(-n2nc(C)c3c(N)ncnc32)cc1. The molecule has 2 aromatic heterocycles. The summed E-state index contributed by atoms with van der Waals surface area (Å²) >= 11 is 0. The molecule has 7 nitrogen and oxygen atoms in total. The average molecular weight is 294 g/mol. The Balaban J connectivity index is 2.03. The lowest BCUT2D eigenvalue weighted by Crippen LogP contribution is -2.07. The summed E-state index contributed by atoms with van der Waals surface area (Å²) in [5, 5.41) is 7.89. The van der Waals surface area contributed by atoms with E-state index in [1.54, 1.807) is 16.8 Å². The van der Waals surface area contributed by atoms with Crippen molar-refractivity contribution in [3.8, 4) is 5.69 Å². The average Bonchev–Trinajstić information content (AvgIpc) is 2.86. The molecule has 3 aromatic rings. The Labute approximate surface area is 126 Å². The van der Waals surface area contributed by atoms with E-state index in [0.717, 1.165) is 16.8 Å². The van der Waals surface area contributed by atoms with E-state index < -0.39 is 0 Å². The lowest BCUT2D eigenvalue weighted by Gasteiger charge is -2.05. The maximum Gasteiger partial charge on any atom is 0.247 e. The third kappa shape index (κ3) is 2.28. The number of aryl methyl sites for hydroxylation is 1. The zero-order chi connectivity index (χ0) is 15.7. The summed E-state index contributed by atoms with van der Waals surface area (Å²) in [7, 11) is 0. The van der Waals surface area contributed by atoms with Gasteiger partial charge in [0, 0.05) is 5.69 Å². The number of nitrogens with two attached hydrogens (primary N) is 1. The molecule has 0 aliphatic rings. The third-order valence-electron chi connectivity index (χ3n) is 3.23. The van der Waals surface area contributed by atoms with E-state index in [2.05, 4.69) is 27.0 Å². The molecular weight excluding hydrogens is 280 g/mol. The summed E-state index contributed by atoms with van der Waals surface area (Å²) < 4.78 is 1.70. The van der Waals surface area contributed by atoms with Gasteiger partial charge in [0.05, 0.1) is 16.8 Å². The Morgan fingerprint density at radius 1 is 1.32 bits per heavy atom. The molecule has 0 fully saturated rings. The van der Waals surface area contributed by atoms with E-state index in [1.165, 1.54) is 12.4 Å². The van der Waals surface area contributed by atoms with Gasteiger partial charge in [-0.3, -0.25) is 4.79 Å². The summed E-state index contributed by atoms with van der Waals surface area (Å²) in [4.78, 5) is 19.5. The minimum Gasteiger partial charge on any atom is -0.383 e. The maximum atomic E-state index is 11.3. The monoisotopic (exact) mass is 294 g/mol. The zero-order valence-electron chi connectivity index (χ0n) is 11.9. The molecule has 0 spiro atoms. The van der Waals surface area contributed by atoms with Crippen molar-refractivity contribution in [2.24, 2.45) is 0 Å². The maximum absolute atomic E-state index is 11.3. The fourth-order valence-corrected chi connectivity index (χ4v) is 2.20. The normalized spacial score (nSPS) is 10.6. The highest BCUT2D eigenvalue weighted by atomic mass is 16.1. The minimum atomic E-state index is -0.256. The Kier molecular flexibility index (Phi) is 3.30. The number of fused-ring (bicyclic) bond motifs is 1. The quantitative estimate of drug-likeness (QED) is 0.718. The molecule has 0 unspecified atom stereocenters. The first-order valence-electron chi connectivity index (χ1n) is 6.60. The molecule has 22 heavy (non-hydrogen) atoms. The van der Waals surface area contributed by atoms with Gasteiger partial charge in [-0.05, 0) is 37.3 Å². The van der Waals surface area contributed by atoms with Crippen LogP contribution in [0.1, 0.15) is 5.69 Å². The largest absolute Gasteiger partial charge is 0.383 e. The number of aromatic nitrogens is 4. The Morgan fingerprint density at radius 2 is 2.05 bits per heavy atom. The topological polar surface area (TPSA) is 98.7 Å². The van der Waals surface area contributed by atoms with Gasteiger partial charge in [0.25, 0.3) is 0 Å². The van der Waals surface area contributed by atoms with Crippen LogP contribution in [0.2, 0.25) is 0 Å². The van der Waals surface area contributed by atoms with E-state index in [0.29, 0.717) is 17.2 Å². The summed E-state index contributed by atoms with van der Waals surface area (Å²) in [5.41, 5.74) is 8.78. The van der Waals surface area contributed by atoms with Gasteiger partial charge in [0.2, 0.25) is 5.91 Å². The second kappa shape index (κ2) is 5.28. The number of anilines is 2. The highest BCUT2D eigenvalue weighted by Crippen LogP contribution is 2.23. The van der Waals surface area contributed by atoms with Crippen LogP contribution in [0.5, 0.6) is 0 Å². The van der Waals surface area contributed by atoms with Gasteiger partial charge in [-0.15, -0.1) is 0 Å². The van der Waals surface area contributed by atoms with Crippen LogP contribution in [0.4, 0.5) is 11.5 Å². The number of carbonyl (C=O) groups excluding carboxylic acids is 1. The van der Waals surface area contributed by atoms with E-state index in [4.69, 9.17) is 5.73 Å². The van der Waals surface area contributed by atoms with Crippen molar-refractivity contribution in [2.75, 3.05) is 11.1 Å². The highest BCUT2D eigenvalue weighted by Gasteiger charge is 2.13. The number of nitrogens with zero attached hydrogens (tertiary/aromatic N) is 4. The lowest BCUT2D eigenvalue weighted by atomic mass is 10.2. The predicted octanol–water partition coefficient (Wildman–Crippen LogP) is 1.83. The van der Waals surface area contributed by atoms with Crippen LogP contribution in [-0.2, 0) is 4.79 Å². The number of hydrogen-bond donors (Lipinski definition) is 2. The highest BCUT2D eigenvalue weighted by molar-refractivity contribution is 5.98. The summed E-state index contributed by atoms with van der Waals surface area (Å²) in [6, 6.07) is 7.24. The van der Waals surface area contributed by atoms with Gasteiger partial charge in [0.15, 0.2) is 5.65 Å². The number of rotatable bonds is 3. The number of benzene rings is 1. The molecule has 0 radical (unpaired) electrons. The molecule has 3 rings (SSSR count). The summed E-state index contributed by atoms with van der Waals surface area (Å²) in [5.74, 6) is 0.150. The van der Waals surface area contributed by atoms with E-state index in [-0.39, 0.29) is 5.91 Å². The number of amides is 1. The Bertz CT molecular complexity index is 866. The number of nitrogens with one attached hydrogen (secondary N) is 1. The van der Waals surface area contributed by atoms with Crippen molar-refractivity contribution in [3.63, 3.8) is 0 Å². The van der Waals surface area contributed by atoms with Crippen LogP contribution in [0.3, 0.4) is 0 Å². The second-order valence-electron chi connectivity index (χ2n) is 4.69. The first-order chi connectivity index (χ1) is 10.6. The standard InChI is InChI=1S/C15H14N6O/c1-3-12(22)19-10-4-6-11(7-5-10)21-15-13(9(2)20-21)14(16)17-8-18-15/h3-8H,1H2,2H3,(H,19,22)(H2,16,17,18). The Hall–Kier alpha value is -3.22. The van der Waals surface area contributed by atoms with E-state index >= 15 is 0 Å². The number of hydrogen-bond acceptors (Lipinski definition) is 5. The van der Waals surface area contributed by atoms with Crippen LogP contribution in [0.15, 0.2) is 43.2 Å². The van der Waals surface area contributed by atoms with Crippen LogP contribution >= 0.6 is 0 Å². The zero-order valence-corrected chi connectivity index (χ0v) is 11.9. The van der Waals surface area contributed by atoms with Gasteiger partial charge in [-0.1, -0.05) is 6.58 Å². The van der Waals surface area contributed by atoms with Crippen LogP contribution in [0, 0.1) is 6.92 Å². The van der Waals surface area contributed by atoms with Gasteiger partial charge >= 0.3 is 0 Å². The van der Waals surface area contributed by atoms with Crippen molar-refractivity contribution in [3.05, 3.63) is 48.9 Å². The molecule has 7 heteroatoms. The smallest absolute Gasteiger partial charge is 0.247 e. The molecule has 1 aromatic carbocycles. The van der Waals surface area contributed by atoms with E-state index in [9.17, 15) is 4.79 Å². The summed E-state index contributed by atoms with van der Waals surface area (Å²) in [6.07, 6.45) is 2.63. The van der Waals surface area contributed by atoms with Crippen molar-refractivity contribution < 1.29 is 4.79 Å². The second-order valence-corrected chi connectivity index (χ2v) is 4.69. The van der Waals surface area contributed by atoms with Gasteiger partial charge in [0.1, 0.15) is 12.1 Å². The van der Waals surface area contributed by atoms with Crippen molar-refractivity contribution in [2.45, 2.75) is 6.92 Å². The molecule has 1 amide bonds. The third-order valence-corrected chi connectivity index (χ3v) is 3.23. The number of nitrogen functional groups attached to an aromatic ring is 1. The first-order valence-corrected chi connectivity index (χ1v) is 6.60. The van der Waals surface area contributed by atoms with Crippen molar-refractivity contribution in [1.29, 1.82) is 0 Å². The lowest BCUT2D eigenvalue weighted by molar-refractivity contribution is -0.111. The molecule has 110 valence electrons. The van der Waals surface area contributed by atoms with Gasteiger partial charge < -0.3 is 11.1 Å². The van der Waals surface area contributed by atoms with Crippen LogP contribution in [0.25, 0.3) is 16.7 Å². The molecule has 3 N–H and O–H groups in total. The molecule has 0 bridgehead atoms. The van der Waals surface area contributed by atoms with Crippen LogP contribution in [-0.4, -0.2) is 25.7 Å². The van der Waals surface area contributed by atoms with Crippen molar-refractivity contribution in [1.82, 2.24) is 19.7 Å². The molecular formula is C15H14N6O. The molecule has 0 atom stereocenters. The predicted molar refractivity (Wildman–Crippen MR) is 84.6 cm³/mol. The van der Waals surface area contributed by atoms with E-state index in [1.807, 2.05) is 19.1 Å². The molecule has 2 heterocycles. The summed E-state index contributed by atoms with van der Waals surface area (Å²) in [6.45, 7) is 5.27. The minimum absolute atomic E-state index is 0.256. The Morgan fingerprint density at radius 3 is 2.73 bits per heavy atom. The van der Waals surface area contributed by atoms with Crippen molar-refractivity contribution >= 4 is 28.4 Å². The molecule has 0 saturated carbocycles. The molecule has 0 saturated heterocycles. The number of carbonyl (C=O) groups is 1. The fraction of sp³-hybridized carbons (Fsp3) is 0.0667. The van der Waals surface area contributed by atoms with Gasteiger partial charge in [-0.2, -0.15) is 5.10 Å². The van der Waals surface area contributed by atoms with Crippen LogP contribution < -0.4 is 11.1 Å². The molecule has 0 aliphatic carbocycles. The van der Waals surface area contributed by atoms with Gasteiger partial charge in [-0.25, -0.2) is 14.6 Å².